The molecule has 5 rings (SSSR count). The number of alkyl halides is 3. The third-order valence-electron chi connectivity index (χ3n) is 9.09. The third-order valence-corrected chi connectivity index (χ3v) is 9.09. The van der Waals surface area contributed by atoms with E-state index in [9.17, 15) is 23.1 Å². The number of allylic oxidation sites excluding steroid dienone is 1. The van der Waals surface area contributed by atoms with Gasteiger partial charge in [-0.2, -0.15) is 13.2 Å². The fraction of sp³-hybridized carbons (Fsp3) is 0.654. The summed E-state index contributed by atoms with van der Waals surface area (Å²) in [5, 5.41) is 11.5. The second-order valence-electron chi connectivity index (χ2n) is 10.8. The molecular weight excluding hydrogens is 445 g/mol. The van der Waals surface area contributed by atoms with Gasteiger partial charge in [0.05, 0.1) is 44.4 Å². The maximum absolute atomic E-state index is 13.1. The number of quaternary nitrogens is 1. The minimum atomic E-state index is -4.36. The number of hydrogen-bond acceptors (Lipinski definition) is 4. The van der Waals surface area contributed by atoms with Crippen molar-refractivity contribution in [1.82, 2.24) is 0 Å². The molecule has 1 unspecified atom stereocenters. The second kappa shape index (κ2) is 8.55. The number of aliphatic hydroxyl groups is 1. The molecule has 5 nitrogen and oxygen atoms in total. The van der Waals surface area contributed by atoms with Crippen LogP contribution in [0.25, 0.3) is 0 Å². The van der Waals surface area contributed by atoms with Gasteiger partial charge in [-0.1, -0.05) is 31.6 Å². The second-order valence-corrected chi connectivity index (χ2v) is 10.8. The lowest BCUT2D eigenvalue weighted by molar-refractivity contribution is -0.903. The van der Waals surface area contributed by atoms with Crippen LogP contribution in [0.4, 0.5) is 18.9 Å². The standard InChI is InChI=1S/C26H33F3N2O3/c1-16-5-3-6-17-14-21-22(23(32)25(16,17)2)20(24(33)34-21)15-30-9-11-31(12-10-30)19-8-4-7-18(13-19)26(27,28)29/h4,6-8,13,16,20-23,32H,3,5,9-12,14-15H2,1-2H3/p+1/t16-,20?,21-,22-,23+,25-/m1/s1. The molecule has 4 aliphatic rings. The number of nitrogens with zero attached hydrogens (tertiary/aromatic N) is 1. The summed E-state index contributed by atoms with van der Waals surface area (Å²) in [7, 11) is 0. The van der Waals surface area contributed by atoms with Crippen molar-refractivity contribution in [2.75, 3.05) is 37.6 Å². The van der Waals surface area contributed by atoms with Crippen LogP contribution in [0.5, 0.6) is 0 Å². The summed E-state index contributed by atoms with van der Waals surface area (Å²) in [6, 6.07) is 5.47. The van der Waals surface area contributed by atoms with Crippen LogP contribution >= 0.6 is 0 Å². The summed E-state index contributed by atoms with van der Waals surface area (Å²) in [6.07, 6.45) is -0.240. The van der Waals surface area contributed by atoms with Crippen LogP contribution in [-0.2, 0) is 15.7 Å². The monoisotopic (exact) mass is 479 g/mol. The number of piperazine rings is 1. The molecule has 1 aromatic rings. The van der Waals surface area contributed by atoms with E-state index in [0.717, 1.165) is 32.0 Å². The quantitative estimate of drug-likeness (QED) is 0.517. The van der Waals surface area contributed by atoms with E-state index < -0.39 is 17.8 Å². The van der Waals surface area contributed by atoms with Crippen LogP contribution in [0.2, 0.25) is 0 Å². The molecule has 2 heterocycles. The molecule has 0 amide bonds. The van der Waals surface area contributed by atoms with Crippen molar-refractivity contribution in [3.05, 3.63) is 41.5 Å². The number of carbonyl (C=O) groups excluding carboxylic acids is 1. The first-order chi connectivity index (χ1) is 16.1. The Bertz CT molecular complexity index is 972. The molecule has 1 aromatic carbocycles. The van der Waals surface area contributed by atoms with Gasteiger partial charge in [0.25, 0.3) is 0 Å². The van der Waals surface area contributed by atoms with E-state index >= 15 is 0 Å². The van der Waals surface area contributed by atoms with Crippen molar-refractivity contribution in [3.63, 3.8) is 0 Å². The highest BCUT2D eigenvalue weighted by Crippen LogP contribution is 2.55. The SMILES string of the molecule is C[C@@H]1CCC=C2C[C@H]3OC(=O)C(C[NH+]4CCN(c5cccc(C(F)(F)F)c5)CC4)[C@H]3[C@H](O)[C@@]21C. The number of halogens is 3. The zero-order chi connectivity index (χ0) is 24.3. The number of benzene rings is 1. The number of nitrogens with one attached hydrogen (secondary N) is 1. The Hall–Kier alpha value is -2.06. The number of carbonyl (C=O) groups is 1. The van der Waals surface area contributed by atoms with Gasteiger partial charge in [-0.05, 0) is 37.0 Å². The van der Waals surface area contributed by atoms with Crippen LogP contribution in [-0.4, -0.2) is 56.0 Å². The van der Waals surface area contributed by atoms with Gasteiger partial charge in [-0.25, -0.2) is 0 Å². The molecule has 6 atom stereocenters. The van der Waals surface area contributed by atoms with E-state index in [0.29, 0.717) is 37.7 Å². The molecule has 1 saturated carbocycles. The van der Waals surface area contributed by atoms with E-state index in [1.165, 1.54) is 22.6 Å². The minimum absolute atomic E-state index is 0.204. The Balaban J connectivity index is 1.26. The van der Waals surface area contributed by atoms with E-state index in [2.05, 4.69) is 19.9 Å². The lowest BCUT2D eigenvalue weighted by atomic mass is 9.55. The molecular formula is C26H34F3N2O3+. The van der Waals surface area contributed by atoms with Crippen molar-refractivity contribution >= 4 is 11.7 Å². The highest BCUT2D eigenvalue weighted by Gasteiger charge is 2.60. The molecule has 0 aromatic heterocycles. The number of ether oxygens (including phenoxy) is 1. The third kappa shape index (κ3) is 3.92. The van der Waals surface area contributed by atoms with E-state index in [4.69, 9.17) is 4.74 Å². The molecule has 0 spiro atoms. The minimum Gasteiger partial charge on any atom is -0.461 e. The number of hydrogen-bond donors (Lipinski definition) is 2. The Labute approximate surface area is 198 Å². The summed E-state index contributed by atoms with van der Waals surface area (Å²) in [4.78, 5) is 16.1. The van der Waals surface area contributed by atoms with Gasteiger partial charge in [0.2, 0.25) is 0 Å². The first-order valence-electron chi connectivity index (χ1n) is 12.4. The molecule has 2 aliphatic heterocycles. The number of fused-ring (bicyclic) bond motifs is 2. The first-order valence-corrected chi connectivity index (χ1v) is 12.4. The molecule has 2 N–H and O–H groups in total. The molecule has 0 radical (unpaired) electrons. The Kier molecular flexibility index (Phi) is 5.96. The van der Waals surface area contributed by atoms with Gasteiger partial charge >= 0.3 is 12.1 Å². The van der Waals surface area contributed by atoms with Crippen LogP contribution in [0, 0.1) is 23.2 Å². The van der Waals surface area contributed by atoms with E-state index in [1.807, 2.05) is 4.90 Å². The number of rotatable bonds is 3. The van der Waals surface area contributed by atoms with Gasteiger partial charge in [0.15, 0.2) is 0 Å². The highest BCUT2D eigenvalue weighted by atomic mass is 19.4. The van der Waals surface area contributed by atoms with Crippen molar-refractivity contribution in [1.29, 1.82) is 0 Å². The Morgan fingerprint density at radius 3 is 2.71 bits per heavy atom. The topological polar surface area (TPSA) is 54.2 Å². The lowest BCUT2D eigenvalue weighted by Crippen LogP contribution is -3.15. The molecule has 8 heteroatoms. The fourth-order valence-corrected chi connectivity index (χ4v) is 6.77. The van der Waals surface area contributed by atoms with Crippen LogP contribution in [0.3, 0.4) is 0 Å². The maximum atomic E-state index is 13.1. The van der Waals surface area contributed by atoms with Gasteiger partial charge < -0.3 is 19.6 Å². The number of esters is 1. The lowest BCUT2D eigenvalue weighted by Gasteiger charge is -2.51. The smallest absolute Gasteiger partial charge is 0.416 e. The summed E-state index contributed by atoms with van der Waals surface area (Å²) in [6.45, 7) is 7.63. The van der Waals surface area contributed by atoms with Crippen LogP contribution in [0.15, 0.2) is 35.9 Å². The van der Waals surface area contributed by atoms with Crippen molar-refractivity contribution < 1.29 is 32.7 Å². The molecule has 186 valence electrons. The Morgan fingerprint density at radius 1 is 1.26 bits per heavy atom. The average molecular weight is 480 g/mol. The highest BCUT2D eigenvalue weighted by molar-refractivity contribution is 5.76. The zero-order valence-corrected chi connectivity index (χ0v) is 19.8. The van der Waals surface area contributed by atoms with Crippen LogP contribution in [0.1, 0.15) is 38.7 Å². The predicted molar refractivity (Wildman–Crippen MR) is 121 cm³/mol. The number of anilines is 1. The number of aliphatic hydroxyl groups excluding tert-OH is 1. The normalized spacial score (nSPS) is 36.5. The van der Waals surface area contributed by atoms with Gasteiger partial charge in [0.1, 0.15) is 12.0 Å². The van der Waals surface area contributed by atoms with Gasteiger partial charge in [-0.3, -0.25) is 4.79 Å². The fourth-order valence-electron chi connectivity index (χ4n) is 6.77. The van der Waals surface area contributed by atoms with Crippen molar-refractivity contribution in [3.8, 4) is 0 Å². The average Bonchev–Trinajstić information content (AvgIpc) is 3.11. The summed E-state index contributed by atoms with van der Waals surface area (Å²) >= 11 is 0. The largest absolute Gasteiger partial charge is 0.461 e. The van der Waals surface area contributed by atoms with E-state index in [1.54, 1.807) is 6.07 Å². The summed E-state index contributed by atoms with van der Waals surface area (Å²) in [5.41, 5.74) is 0.860. The zero-order valence-electron chi connectivity index (χ0n) is 19.8. The van der Waals surface area contributed by atoms with Crippen molar-refractivity contribution in [2.45, 2.75) is 51.5 Å². The summed E-state index contributed by atoms with van der Waals surface area (Å²) < 4.78 is 45.1. The first kappa shape index (κ1) is 23.7. The molecule has 2 aliphatic carbocycles. The Morgan fingerprint density at radius 2 is 2.00 bits per heavy atom. The van der Waals surface area contributed by atoms with Gasteiger partial charge in [-0.15, -0.1) is 0 Å². The van der Waals surface area contributed by atoms with E-state index in [-0.39, 0.29) is 29.3 Å². The summed E-state index contributed by atoms with van der Waals surface area (Å²) in [5.74, 6) is -0.410. The maximum Gasteiger partial charge on any atom is 0.416 e. The molecule has 3 fully saturated rings. The van der Waals surface area contributed by atoms with Gasteiger partial charge in [0, 0.05) is 23.4 Å². The molecule has 0 bridgehead atoms. The van der Waals surface area contributed by atoms with Crippen LogP contribution < -0.4 is 9.80 Å². The van der Waals surface area contributed by atoms with Crippen molar-refractivity contribution in [2.24, 2.45) is 23.2 Å². The molecule has 2 saturated heterocycles. The predicted octanol–water partition coefficient (Wildman–Crippen LogP) is 2.70. The molecule has 34 heavy (non-hydrogen) atoms.